The molecule has 0 bridgehead atoms. The van der Waals surface area contributed by atoms with Gasteiger partial charge in [-0.15, -0.1) is 0 Å². The van der Waals surface area contributed by atoms with E-state index in [2.05, 4.69) is 5.32 Å². The summed E-state index contributed by atoms with van der Waals surface area (Å²) >= 11 is 6.43. The number of likely N-dealkylation sites (N-methyl/N-ethyl adjacent to an activating group) is 1. The third-order valence-corrected chi connectivity index (χ3v) is 6.69. The van der Waals surface area contributed by atoms with Crippen molar-refractivity contribution in [2.75, 3.05) is 34.9 Å². The molecule has 1 aliphatic heterocycles. The Balaban J connectivity index is 1.62. The number of benzene rings is 1. The Morgan fingerprint density at radius 3 is 2.58 bits per heavy atom. The van der Waals surface area contributed by atoms with Gasteiger partial charge in [0.25, 0.3) is 0 Å². The van der Waals surface area contributed by atoms with Gasteiger partial charge in [0.15, 0.2) is 5.75 Å². The van der Waals surface area contributed by atoms with Gasteiger partial charge in [0, 0.05) is 30.3 Å². The van der Waals surface area contributed by atoms with Crippen LogP contribution in [0.25, 0.3) is 0 Å². The number of nitrogens with zero attached hydrogens (tertiary/aromatic N) is 1. The molecule has 1 spiro atoms. The molecule has 1 aromatic carbocycles. The zero-order valence-electron chi connectivity index (χ0n) is 19.2. The standard InChI is InChI=1S/C24H27ClN2O6/c1-13-9-14(26-12-15(27(2)3)16-7-6-8-32-16)10-19(28)24(13)23(29)20-17(30-4)11-18(31-5)21(25)22(20)33-24/h6-8,10-11,13,15,26H,9,12H2,1-5H3/t13-,15+,24+/m1/s1. The summed E-state index contributed by atoms with van der Waals surface area (Å²) in [6.45, 7) is 2.36. The van der Waals surface area contributed by atoms with Crippen LogP contribution < -0.4 is 19.5 Å². The highest BCUT2D eigenvalue weighted by molar-refractivity contribution is 6.36. The Labute approximate surface area is 197 Å². The fourth-order valence-electron chi connectivity index (χ4n) is 4.50. The van der Waals surface area contributed by atoms with E-state index < -0.39 is 23.1 Å². The van der Waals surface area contributed by atoms with Gasteiger partial charge in [-0.2, -0.15) is 0 Å². The normalized spacial score (nSPS) is 22.8. The Morgan fingerprint density at radius 1 is 1.27 bits per heavy atom. The molecular weight excluding hydrogens is 448 g/mol. The first-order valence-corrected chi connectivity index (χ1v) is 11.0. The predicted octanol–water partition coefficient (Wildman–Crippen LogP) is 3.65. The number of carbonyl (C=O) groups excluding carboxylic acids is 2. The molecule has 0 radical (unpaired) electrons. The summed E-state index contributed by atoms with van der Waals surface area (Å²) in [5, 5.41) is 3.49. The SMILES string of the molecule is COc1cc(OC)c2c(c1Cl)O[C@@]1(C(=O)C=C(NC[C@@H](c3ccco3)N(C)C)C[C@H]1C)C2=O. The minimum absolute atomic E-state index is 0.0219. The van der Waals surface area contributed by atoms with E-state index in [1.165, 1.54) is 26.4 Å². The van der Waals surface area contributed by atoms with Crippen molar-refractivity contribution in [2.24, 2.45) is 5.92 Å². The number of nitrogens with one attached hydrogen (secondary N) is 1. The number of ether oxygens (including phenoxy) is 3. The van der Waals surface area contributed by atoms with Crippen molar-refractivity contribution in [3.63, 3.8) is 0 Å². The molecule has 0 saturated carbocycles. The van der Waals surface area contributed by atoms with Crippen LogP contribution in [0.4, 0.5) is 0 Å². The van der Waals surface area contributed by atoms with Crippen LogP contribution in [0.15, 0.2) is 40.7 Å². The second-order valence-corrected chi connectivity index (χ2v) is 8.86. The zero-order valence-corrected chi connectivity index (χ0v) is 20.0. The molecule has 1 N–H and O–H groups in total. The highest BCUT2D eigenvalue weighted by Crippen LogP contribution is 2.52. The summed E-state index contributed by atoms with van der Waals surface area (Å²) in [5.41, 5.74) is -0.781. The summed E-state index contributed by atoms with van der Waals surface area (Å²) in [5.74, 6) is 0.181. The summed E-state index contributed by atoms with van der Waals surface area (Å²) < 4.78 is 22.3. The van der Waals surface area contributed by atoms with E-state index in [1.807, 2.05) is 38.1 Å². The topological polar surface area (TPSA) is 90.2 Å². The van der Waals surface area contributed by atoms with Gasteiger partial charge in [0.1, 0.15) is 27.8 Å². The van der Waals surface area contributed by atoms with Gasteiger partial charge < -0.3 is 23.9 Å². The molecule has 9 heteroatoms. The van der Waals surface area contributed by atoms with Crippen molar-refractivity contribution in [2.45, 2.75) is 25.0 Å². The van der Waals surface area contributed by atoms with E-state index in [-0.39, 0.29) is 28.1 Å². The number of carbonyl (C=O) groups is 2. The minimum Gasteiger partial charge on any atom is -0.496 e. The van der Waals surface area contributed by atoms with Crippen LogP contribution in [0.2, 0.25) is 5.02 Å². The van der Waals surface area contributed by atoms with Crippen LogP contribution in [0.3, 0.4) is 0 Å². The second kappa shape index (κ2) is 8.76. The Kier molecular flexibility index (Phi) is 6.16. The number of halogens is 1. The quantitative estimate of drug-likeness (QED) is 0.608. The highest BCUT2D eigenvalue weighted by Gasteiger charge is 2.60. The molecule has 0 amide bonds. The van der Waals surface area contributed by atoms with E-state index >= 15 is 0 Å². The molecule has 0 fully saturated rings. The second-order valence-electron chi connectivity index (χ2n) is 8.48. The van der Waals surface area contributed by atoms with Crippen molar-refractivity contribution in [3.8, 4) is 17.2 Å². The highest BCUT2D eigenvalue weighted by atomic mass is 35.5. The van der Waals surface area contributed by atoms with Crippen LogP contribution in [0, 0.1) is 5.92 Å². The number of hydrogen-bond donors (Lipinski definition) is 1. The molecule has 33 heavy (non-hydrogen) atoms. The largest absolute Gasteiger partial charge is 0.496 e. The number of furan rings is 1. The smallest absolute Gasteiger partial charge is 0.236 e. The maximum absolute atomic E-state index is 13.5. The summed E-state index contributed by atoms with van der Waals surface area (Å²) in [7, 11) is 6.81. The van der Waals surface area contributed by atoms with Crippen LogP contribution in [-0.4, -0.2) is 56.9 Å². The van der Waals surface area contributed by atoms with Gasteiger partial charge in [0.05, 0.1) is 26.5 Å². The summed E-state index contributed by atoms with van der Waals surface area (Å²) in [4.78, 5) is 29.0. The van der Waals surface area contributed by atoms with Gasteiger partial charge in [-0.25, -0.2) is 0 Å². The Bertz CT molecular complexity index is 1110. The van der Waals surface area contributed by atoms with E-state index in [9.17, 15) is 9.59 Å². The molecule has 4 rings (SSSR count). The predicted molar refractivity (Wildman–Crippen MR) is 122 cm³/mol. The van der Waals surface area contributed by atoms with Crippen molar-refractivity contribution >= 4 is 23.2 Å². The lowest BCUT2D eigenvalue weighted by Crippen LogP contribution is -2.55. The number of fused-ring (bicyclic) bond motifs is 1. The average Bonchev–Trinajstić information content (AvgIpc) is 3.41. The maximum Gasteiger partial charge on any atom is 0.236 e. The maximum atomic E-state index is 13.5. The van der Waals surface area contributed by atoms with Crippen LogP contribution in [-0.2, 0) is 4.79 Å². The third-order valence-electron chi connectivity index (χ3n) is 6.33. The number of hydrogen-bond acceptors (Lipinski definition) is 8. The lowest BCUT2D eigenvalue weighted by Gasteiger charge is -2.35. The molecule has 0 unspecified atom stereocenters. The Hall–Kier alpha value is -2.97. The molecule has 1 aromatic heterocycles. The van der Waals surface area contributed by atoms with E-state index in [1.54, 1.807) is 6.26 Å². The van der Waals surface area contributed by atoms with Crippen molar-refractivity contribution < 1.29 is 28.2 Å². The molecule has 8 nitrogen and oxygen atoms in total. The lowest BCUT2D eigenvalue weighted by molar-refractivity contribution is -0.129. The van der Waals surface area contributed by atoms with Gasteiger partial charge in [-0.05, 0) is 32.6 Å². The molecular formula is C24H27ClN2O6. The molecule has 176 valence electrons. The number of Topliss-reactive ketones (excluding diaryl/α,β-unsaturated/α-hetero) is 1. The van der Waals surface area contributed by atoms with Crippen LogP contribution >= 0.6 is 11.6 Å². The first-order valence-electron chi connectivity index (χ1n) is 10.6. The van der Waals surface area contributed by atoms with E-state index in [0.29, 0.717) is 18.7 Å². The van der Waals surface area contributed by atoms with Crippen molar-refractivity contribution in [1.29, 1.82) is 0 Å². The lowest BCUT2D eigenvalue weighted by atomic mass is 9.74. The number of allylic oxidation sites excluding steroid dienone is 1. The van der Waals surface area contributed by atoms with Gasteiger partial charge in [-0.1, -0.05) is 18.5 Å². The molecule has 2 aromatic rings. The molecule has 2 heterocycles. The van der Waals surface area contributed by atoms with E-state index in [4.69, 9.17) is 30.2 Å². The fraction of sp³-hybridized carbons (Fsp3) is 0.417. The molecule has 3 atom stereocenters. The zero-order chi connectivity index (χ0) is 23.9. The summed E-state index contributed by atoms with van der Waals surface area (Å²) in [6.07, 6.45) is 3.53. The van der Waals surface area contributed by atoms with Crippen LogP contribution in [0.1, 0.15) is 35.5 Å². The van der Waals surface area contributed by atoms with Gasteiger partial charge in [-0.3, -0.25) is 14.5 Å². The monoisotopic (exact) mass is 474 g/mol. The number of methoxy groups -OCH3 is 2. The minimum atomic E-state index is -1.68. The molecule has 0 saturated heterocycles. The first-order chi connectivity index (χ1) is 15.7. The summed E-state index contributed by atoms with van der Waals surface area (Å²) in [6, 6.07) is 5.26. The number of ketones is 2. The average molecular weight is 475 g/mol. The fourth-order valence-corrected chi connectivity index (χ4v) is 4.76. The van der Waals surface area contributed by atoms with E-state index in [0.717, 1.165) is 11.5 Å². The van der Waals surface area contributed by atoms with Gasteiger partial charge in [0.2, 0.25) is 17.2 Å². The molecule has 2 aliphatic rings. The number of rotatable bonds is 7. The molecule has 1 aliphatic carbocycles. The van der Waals surface area contributed by atoms with Crippen molar-refractivity contribution in [3.05, 3.63) is 52.6 Å². The Morgan fingerprint density at radius 2 is 2.00 bits per heavy atom. The van der Waals surface area contributed by atoms with Gasteiger partial charge >= 0.3 is 0 Å². The first kappa shape index (κ1) is 23.2. The third kappa shape index (κ3) is 3.67. The van der Waals surface area contributed by atoms with Crippen molar-refractivity contribution in [1.82, 2.24) is 10.2 Å². The van der Waals surface area contributed by atoms with Crippen LogP contribution in [0.5, 0.6) is 17.2 Å².